The maximum atomic E-state index is 12.4. The van der Waals surface area contributed by atoms with Crippen molar-refractivity contribution in [2.24, 2.45) is 0 Å². The summed E-state index contributed by atoms with van der Waals surface area (Å²) in [7, 11) is 0. The highest BCUT2D eigenvalue weighted by Crippen LogP contribution is 2.44. The molecule has 0 aromatic heterocycles. The molecule has 0 radical (unpaired) electrons. The third-order valence-corrected chi connectivity index (χ3v) is 8.35. The molecule has 2 atom stereocenters. The number of hydrogen-bond donors (Lipinski definition) is 0. The van der Waals surface area contributed by atoms with E-state index in [1.807, 2.05) is 16.7 Å². The van der Waals surface area contributed by atoms with Crippen LogP contribution in [0.1, 0.15) is 63.5 Å². The highest BCUT2D eigenvalue weighted by molar-refractivity contribution is 5.74. The Morgan fingerprint density at radius 1 is 1.06 bits per heavy atom. The normalized spacial score (nSPS) is 29.7. The van der Waals surface area contributed by atoms with Crippen LogP contribution in [0, 0.1) is 0 Å². The first-order chi connectivity index (χ1) is 15.0. The van der Waals surface area contributed by atoms with Gasteiger partial charge in [0.05, 0.1) is 6.61 Å². The van der Waals surface area contributed by atoms with Gasteiger partial charge in [0.15, 0.2) is 0 Å². The average Bonchev–Trinajstić information content (AvgIpc) is 3.04. The molecule has 6 heteroatoms. The first-order valence-corrected chi connectivity index (χ1v) is 12.0. The minimum Gasteiger partial charge on any atom is -0.450 e. The monoisotopic (exact) mass is 425 g/mol. The van der Waals surface area contributed by atoms with Crippen molar-refractivity contribution in [3.05, 3.63) is 35.4 Å². The van der Waals surface area contributed by atoms with E-state index in [1.54, 1.807) is 6.92 Å². The van der Waals surface area contributed by atoms with Gasteiger partial charge in [-0.1, -0.05) is 24.3 Å². The summed E-state index contributed by atoms with van der Waals surface area (Å²) in [5.41, 5.74) is 2.87. The minimum atomic E-state index is -0.116. The zero-order valence-electron chi connectivity index (χ0n) is 18.9. The predicted molar refractivity (Wildman–Crippen MR) is 119 cm³/mol. The molecule has 4 aliphatic heterocycles. The highest BCUT2D eigenvalue weighted by atomic mass is 16.6. The van der Waals surface area contributed by atoms with Crippen molar-refractivity contribution in [1.29, 1.82) is 0 Å². The molecular formula is C25H35N3O3. The van der Waals surface area contributed by atoms with Crippen LogP contribution in [0.15, 0.2) is 24.3 Å². The summed E-state index contributed by atoms with van der Waals surface area (Å²) in [6, 6.07) is 9.97. The Labute approximate surface area is 185 Å². The number of nitrogens with zero attached hydrogens (tertiary/aromatic N) is 3. The Balaban J connectivity index is 1.28. The molecule has 1 aromatic rings. The third-order valence-electron chi connectivity index (χ3n) is 8.35. The molecule has 31 heavy (non-hydrogen) atoms. The second-order valence-corrected chi connectivity index (χ2v) is 9.96. The van der Waals surface area contributed by atoms with Crippen molar-refractivity contribution in [3.63, 3.8) is 0 Å². The van der Waals surface area contributed by atoms with Gasteiger partial charge in [0.25, 0.3) is 0 Å². The molecule has 0 N–H and O–H groups in total. The first-order valence-electron chi connectivity index (χ1n) is 12.0. The fourth-order valence-corrected chi connectivity index (χ4v) is 6.80. The van der Waals surface area contributed by atoms with Crippen molar-refractivity contribution >= 4 is 12.0 Å². The first kappa shape index (κ1) is 20.8. The van der Waals surface area contributed by atoms with Gasteiger partial charge < -0.3 is 19.4 Å². The highest BCUT2D eigenvalue weighted by Gasteiger charge is 2.48. The van der Waals surface area contributed by atoms with E-state index < -0.39 is 0 Å². The number of amides is 2. The van der Waals surface area contributed by atoms with E-state index in [1.165, 1.54) is 11.1 Å². The van der Waals surface area contributed by atoms with Crippen LogP contribution >= 0.6 is 0 Å². The van der Waals surface area contributed by atoms with Crippen molar-refractivity contribution < 1.29 is 14.3 Å². The fraction of sp³-hybridized carbons (Fsp3) is 0.680. The molecule has 2 amide bonds. The number of fused-ring (bicyclic) bond motifs is 4. The third kappa shape index (κ3) is 3.63. The quantitative estimate of drug-likeness (QED) is 0.727. The van der Waals surface area contributed by atoms with Crippen LogP contribution < -0.4 is 0 Å². The number of likely N-dealkylation sites (tertiary alicyclic amines) is 1. The Morgan fingerprint density at radius 3 is 2.39 bits per heavy atom. The number of benzene rings is 1. The van der Waals surface area contributed by atoms with Crippen LogP contribution in [-0.2, 0) is 21.5 Å². The van der Waals surface area contributed by atoms with Crippen molar-refractivity contribution in [1.82, 2.24) is 14.7 Å². The lowest BCUT2D eigenvalue weighted by Crippen LogP contribution is -2.57. The predicted octanol–water partition coefficient (Wildman–Crippen LogP) is 3.53. The van der Waals surface area contributed by atoms with E-state index in [-0.39, 0.29) is 17.4 Å². The summed E-state index contributed by atoms with van der Waals surface area (Å²) in [6.45, 7) is 7.77. The van der Waals surface area contributed by atoms with Crippen LogP contribution in [0.5, 0.6) is 0 Å². The molecule has 0 aliphatic carbocycles. The minimum absolute atomic E-state index is 0.0849. The number of ether oxygens (including phenoxy) is 1. The lowest BCUT2D eigenvalue weighted by Gasteiger charge is -2.51. The number of hydrogen-bond acceptors (Lipinski definition) is 4. The number of rotatable bonds is 2. The topological polar surface area (TPSA) is 53.1 Å². The molecule has 4 aliphatic rings. The second-order valence-electron chi connectivity index (χ2n) is 9.96. The van der Waals surface area contributed by atoms with Gasteiger partial charge >= 0.3 is 6.09 Å². The molecule has 3 fully saturated rings. The van der Waals surface area contributed by atoms with Gasteiger partial charge in [-0.15, -0.1) is 0 Å². The lowest BCUT2D eigenvalue weighted by molar-refractivity contribution is -0.131. The summed E-state index contributed by atoms with van der Waals surface area (Å²) in [5, 5.41) is 0. The molecule has 5 rings (SSSR count). The van der Waals surface area contributed by atoms with Gasteiger partial charge in [0.1, 0.15) is 0 Å². The zero-order valence-corrected chi connectivity index (χ0v) is 18.9. The van der Waals surface area contributed by atoms with Crippen LogP contribution in [0.25, 0.3) is 0 Å². The van der Waals surface area contributed by atoms with E-state index >= 15 is 0 Å². The summed E-state index contributed by atoms with van der Waals surface area (Å²) in [4.78, 5) is 31.4. The number of carbonyl (C=O) groups is 2. The number of carbonyl (C=O) groups excluding carboxylic acids is 2. The summed E-state index contributed by atoms with van der Waals surface area (Å²) >= 11 is 0. The smallest absolute Gasteiger partial charge is 0.410 e. The Kier molecular flexibility index (Phi) is 5.45. The van der Waals surface area contributed by atoms with E-state index in [2.05, 4.69) is 29.2 Å². The van der Waals surface area contributed by atoms with Gasteiger partial charge in [-0.05, 0) is 69.7 Å². The molecule has 6 nitrogen and oxygen atoms in total. The standard InChI is InChI=1S/C25H35N3O3/c1-3-31-24(30)28-20-8-9-21(28)15-22(14-20)26-12-10-25(11-13-26)17-27(18(2)29)16-19-6-4-5-7-23(19)25/h4-7,20-22H,3,8-17H2,1-2H3. The van der Waals surface area contributed by atoms with E-state index in [4.69, 9.17) is 4.74 Å². The molecule has 2 bridgehead atoms. The molecule has 2 unspecified atom stereocenters. The van der Waals surface area contributed by atoms with Gasteiger partial charge in [-0.2, -0.15) is 0 Å². The summed E-state index contributed by atoms with van der Waals surface area (Å²) < 4.78 is 5.32. The fourth-order valence-electron chi connectivity index (χ4n) is 6.80. The molecule has 168 valence electrons. The Bertz CT molecular complexity index is 834. The van der Waals surface area contributed by atoms with Gasteiger partial charge in [0.2, 0.25) is 5.91 Å². The number of piperidine rings is 2. The van der Waals surface area contributed by atoms with Crippen molar-refractivity contribution in [2.45, 2.75) is 82.5 Å². The van der Waals surface area contributed by atoms with E-state index in [0.29, 0.717) is 24.7 Å². The summed E-state index contributed by atoms with van der Waals surface area (Å²) in [6.07, 6.45) is 6.44. The molecule has 4 heterocycles. The van der Waals surface area contributed by atoms with Gasteiger partial charge in [-0.25, -0.2) is 4.79 Å². The van der Waals surface area contributed by atoms with Gasteiger partial charge in [-0.3, -0.25) is 4.79 Å². The Hall–Kier alpha value is -2.08. The van der Waals surface area contributed by atoms with Gasteiger partial charge in [0, 0.05) is 43.6 Å². The molecule has 0 saturated carbocycles. The molecule has 1 aromatic carbocycles. The average molecular weight is 426 g/mol. The Morgan fingerprint density at radius 2 is 1.74 bits per heavy atom. The second kappa shape index (κ2) is 8.12. The SMILES string of the molecule is CCOC(=O)N1C2CCC1CC(N1CCC3(CC1)CN(C(C)=O)Cc1ccccc13)C2. The largest absolute Gasteiger partial charge is 0.450 e. The van der Waals surface area contributed by atoms with Crippen LogP contribution in [0.2, 0.25) is 0 Å². The van der Waals surface area contributed by atoms with Crippen LogP contribution in [0.4, 0.5) is 4.79 Å². The van der Waals surface area contributed by atoms with Crippen molar-refractivity contribution in [3.8, 4) is 0 Å². The van der Waals surface area contributed by atoms with E-state index in [9.17, 15) is 9.59 Å². The van der Waals surface area contributed by atoms with E-state index in [0.717, 1.165) is 64.7 Å². The molecular weight excluding hydrogens is 390 g/mol. The zero-order chi connectivity index (χ0) is 21.6. The maximum Gasteiger partial charge on any atom is 0.410 e. The van der Waals surface area contributed by atoms with Crippen LogP contribution in [-0.4, -0.2) is 71.1 Å². The summed E-state index contributed by atoms with van der Waals surface area (Å²) in [5.74, 6) is 0.180. The van der Waals surface area contributed by atoms with Crippen molar-refractivity contribution in [2.75, 3.05) is 26.2 Å². The molecule has 1 spiro atoms. The maximum absolute atomic E-state index is 12.4. The lowest BCUT2D eigenvalue weighted by atomic mass is 9.68. The molecule has 3 saturated heterocycles. The van der Waals surface area contributed by atoms with Crippen LogP contribution in [0.3, 0.4) is 0 Å².